The van der Waals surface area contributed by atoms with Gasteiger partial charge in [0.2, 0.25) is 5.91 Å². The molecule has 2 aromatic rings. The first-order valence-electron chi connectivity index (χ1n) is 11.1. The van der Waals surface area contributed by atoms with E-state index >= 15 is 0 Å². The maximum atomic E-state index is 13.0. The van der Waals surface area contributed by atoms with Crippen LogP contribution in [-0.2, 0) is 14.3 Å². The summed E-state index contributed by atoms with van der Waals surface area (Å²) in [5.41, 5.74) is 4.45. The smallest absolute Gasteiger partial charge is 0.407 e. The van der Waals surface area contributed by atoms with Crippen LogP contribution in [0.3, 0.4) is 0 Å². The van der Waals surface area contributed by atoms with Gasteiger partial charge in [-0.25, -0.2) is 4.79 Å². The van der Waals surface area contributed by atoms with Crippen LogP contribution in [0.25, 0.3) is 11.1 Å². The molecule has 2 atom stereocenters. The highest BCUT2D eigenvalue weighted by atomic mass is 16.5. The maximum absolute atomic E-state index is 13.0. The molecular formula is C26H30N2O5. The van der Waals surface area contributed by atoms with Gasteiger partial charge in [0.05, 0.1) is 0 Å². The summed E-state index contributed by atoms with van der Waals surface area (Å²) in [4.78, 5) is 38.1. The van der Waals surface area contributed by atoms with Crippen molar-refractivity contribution in [1.82, 2.24) is 10.2 Å². The van der Waals surface area contributed by atoms with Gasteiger partial charge in [-0.1, -0.05) is 74.9 Å². The molecule has 1 aliphatic carbocycles. The molecule has 0 fully saturated rings. The van der Waals surface area contributed by atoms with Crippen LogP contribution >= 0.6 is 0 Å². The number of benzene rings is 2. The molecule has 2 unspecified atom stereocenters. The lowest BCUT2D eigenvalue weighted by atomic mass is 9.97. The van der Waals surface area contributed by atoms with E-state index in [9.17, 15) is 14.4 Å². The summed E-state index contributed by atoms with van der Waals surface area (Å²) in [5, 5.41) is 11.8. The highest BCUT2D eigenvalue weighted by molar-refractivity contribution is 5.88. The second-order valence-corrected chi connectivity index (χ2v) is 8.23. The molecular weight excluding hydrogens is 420 g/mol. The van der Waals surface area contributed by atoms with Gasteiger partial charge in [-0.2, -0.15) is 0 Å². The van der Waals surface area contributed by atoms with Crippen LogP contribution in [0.2, 0.25) is 0 Å². The zero-order valence-electron chi connectivity index (χ0n) is 19.0. The monoisotopic (exact) mass is 450 g/mol. The van der Waals surface area contributed by atoms with Crippen LogP contribution in [0.1, 0.15) is 37.3 Å². The van der Waals surface area contributed by atoms with Gasteiger partial charge in [0.15, 0.2) is 0 Å². The summed E-state index contributed by atoms with van der Waals surface area (Å²) in [5.74, 6) is -1.90. The van der Waals surface area contributed by atoms with E-state index in [1.165, 1.54) is 6.08 Å². The van der Waals surface area contributed by atoms with Crippen LogP contribution < -0.4 is 5.32 Å². The molecule has 0 heterocycles. The van der Waals surface area contributed by atoms with E-state index in [0.717, 1.165) is 27.2 Å². The van der Waals surface area contributed by atoms with Crippen LogP contribution in [0.4, 0.5) is 4.79 Å². The zero-order valence-corrected chi connectivity index (χ0v) is 19.0. The van der Waals surface area contributed by atoms with Crippen molar-refractivity contribution in [1.29, 1.82) is 0 Å². The van der Waals surface area contributed by atoms with Gasteiger partial charge in [0.1, 0.15) is 19.2 Å². The third kappa shape index (κ3) is 5.42. The largest absolute Gasteiger partial charge is 0.480 e. The van der Waals surface area contributed by atoms with Gasteiger partial charge < -0.3 is 20.1 Å². The predicted molar refractivity (Wildman–Crippen MR) is 126 cm³/mol. The number of hydrogen-bond acceptors (Lipinski definition) is 4. The molecule has 33 heavy (non-hydrogen) atoms. The number of ether oxygens (including phenoxy) is 1. The Morgan fingerprint density at radius 1 is 1.12 bits per heavy atom. The Labute approximate surface area is 194 Å². The van der Waals surface area contributed by atoms with E-state index in [4.69, 9.17) is 9.84 Å². The summed E-state index contributed by atoms with van der Waals surface area (Å²) < 4.78 is 5.58. The first-order chi connectivity index (χ1) is 15.9. The molecule has 7 nitrogen and oxygen atoms in total. The van der Waals surface area contributed by atoms with Crippen molar-refractivity contribution in [3.63, 3.8) is 0 Å². The zero-order chi connectivity index (χ0) is 24.0. The van der Waals surface area contributed by atoms with Crippen molar-refractivity contribution >= 4 is 18.0 Å². The van der Waals surface area contributed by atoms with E-state index in [1.54, 1.807) is 0 Å². The fourth-order valence-electron chi connectivity index (χ4n) is 4.20. The van der Waals surface area contributed by atoms with E-state index in [0.29, 0.717) is 6.42 Å². The molecule has 0 bridgehead atoms. The molecule has 0 aromatic heterocycles. The molecule has 0 spiro atoms. The number of amides is 2. The molecule has 2 aromatic carbocycles. The Balaban J connectivity index is 1.72. The molecule has 1 aliphatic rings. The van der Waals surface area contributed by atoms with Crippen LogP contribution in [-0.4, -0.2) is 53.7 Å². The van der Waals surface area contributed by atoms with Gasteiger partial charge in [0, 0.05) is 12.5 Å². The maximum Gasteiger partial charge on any atom is 0.407 e. The highest BCUT2D eigenvalue weighted by Crippen LogP contribution is 2.44. The number of nitrogens with zero attached hydrogens (tertiary/aromatic N) is 1. The lowest BCUT2D eigenvalue weighted by Crippen LogP contribution is -2.53. The number of aliphatic carboxylic acids is 1. The van der Waals surface area contributed by atoms with Gasteiger partial charge >= 0.3 is 12.1 Å². The molecule has 174 valence electrons. The minimum absolute atomic E-state index is 0.0738. The molecule has 0 aliphatic heterocycles. The molecule has 2 N–H and O–H groups in total. The van der Waals surface area contributed by atoms with Crippen molar-refractivity contribution < 1.29 is 24.2 Å². The number of carboxylic acids is 1. The first-order valence-corrected chi connectivity index (χ1v) is 11.1. The van der Waals surface area contributed by atoms with Crippen LogP contribution in [0.15, 0.2) is 61.2 Å². The summed E-state index contributed by atoms with van der Waals surface area (Å²) in [6.07, 6.45) is 1.38. The van der Waals surface area contributed by atoms with Crippen molar-refractivity contribution in [3.8, 4) is 11.1 Å². The van der Waals surface area contributed by atoms with Crippen molar-refractivity contribution in [3.05, 3.63) is 72.3 Å². The average Bonchev–Trinajstić information content (AvgIpc) is 3.13. The number of alkyl carbamates (subject to hydrolysis) is 1. The van der Waals surface area contributed by atoms with E-state index in [2.05, 4.69) is 24.0 Å². The number of rotatable bonds is 10. The Hall–Kier alpha value is -3.61. The summed E-state index contributed by atoms with van der Waals surface area (Å²) >= 11 is 0. The van der Waals surface area contributed by atoms with E-state index in [1.807, 2.05) is 50.2 Å². The van der Waals surface area contributed by atoms with Crippen molar-refractivity contribution in [2.45, 2.75) is 32.2 Å². The van der Waals surface area contributed by atoms with E-state index < -0.39 is 30.6 Å². The Morgan fingerprint density at radius 3 is 2.21 bits per heavy atom. The van der Waals surface area contributed by atoms with Gasteiger partial charge in [-0.15, -0.1) is 6.58 Å². The highest BCUT2D eigenvalue weighted by Gasteiger charge is 2.32. The van der Waals surface area contributed by atoms with Crippen molar-refractivity contribution in [2.24, 2.45) is 5.92 Å². The summed E-state index contributed by atoms with van der Waals surface area (Å²) in [7, 11) is 0. The fourth-order valence-corrected chi connectivity index (χ4v) is 4.20. The predicted octanol–water partition coefficient (Wildman–Crippen LogP) is 4.04. The Bertz CT molecular complexity index is 989. The number of hydrogen-bond donors (Lipinski definition) is 2. The van der Waals surface area contributed by atoms with Gasteiger partial charge in [0.25, 0.3) is 0 Å². The molecule has 3 rings (SSSR count). The Kier molecular flexibility index (Phi) is 7.87. The van der Waals surface area contributed by atoms with Crippen LogP contribution in [0, 0.1) is 5.92 Å². The topological polar surface area (TPSA) is 95.9 Å². The normalized spacial score (nSPS) is 13.9. The SMILES string of the molecule is C=CCN(CC(=O)O)C(=O)C(NC(=O)OCC1c2ccccc2-c2ccccc21)C(C)CC. The second kappa shape index (κ2) is 10.8. The van der Waals surface area contributed by atoms with Crippen molar-refractivity contribution in [2.75, 3.05) is 19.7 Å². The molecule has 7 heteroatoms. The third-order valence-electron chi connectivity index (χ3n) is 6.08. The minimum Gasteiger partial charge on any atom is -0.480 e. The summed E-state index contributed by atoms with van der Waals surface area (Å²) in [6, 6.07) is 15.2. The first kappa shape index (κ1) is 24.0. The third-order valence-corrected chi connectivity index (χ3v) is 6.08. The average molecular weight is 451 g/mol. The number of carboxylic acid groups (broad SMARTS) is 1. The second-order valence-electron chi connectivity index (χ2n) is 8.23. The van der Waals surface area contributed by atoms with Gasteiger partial charge in [-0.05, 0) is 28.2 Å². The standard InChI is InChI=1S/C26H30N2O5/c1-4-14-28(15-23(29)30)25(31)24(17(3)5-2)27-26(32)33-16-22-20-12-8-6-10-18(20)19-11-7-9-13-21(19)22/h4,6-13,17,22,24H,1,5,14-16H2,2-3H3,(H,27,32)(H,29,30). The molecule has 0 saturated heterocycles. The Morgan fingerprint density at radius 2 is 1.70 bits per heavy atom. The van der Waals surface area contributed by atoms with Crippen LogP contribution in [0.5, 0.6) is 0 Å². The quantitative estimate of drug-likeness (QED) is 0.533. The number of carbonyl (C=O) groups excluding carboxylic acids is 2. The number of carbonyl (C=O) groups is 3. The van der Waals surface area contributed by atoms with Gasteiger partial charge in [-0.3, -0.25) is 9.59 Å². The number of nitrogens with one attached hydrogen (secondary N) is 1. The molecule has 0 radical (unpaired) electrons. The molecule has 2 amide bonds. The minimum atomic E-state index is -1.13. The molecule has 0 saturated carbocycles. The lowest BCUT2D eigenvalue weighted by Gasteiger charge is -2.29. The lowest BCUT2D eigenvalue weighted by molar-refractivity contribution is -0.145. The van der Waals surface area contributed by atoms with E-state index in [-0.39, 0.29) is 25.0 Å². The summed E-state index contributed by atoms with van der Waals surface area (Å²) in [6.45, 7) is 7.06. The fraction of sp³-hybridized carbons (Fsp3) is 0.346. The number of fused-ring (bicyclic) bond motifs is 3.